The lowest BCUT2D eigenvalue weighted by Crippen LogP contribution is -2.36. The van der Waals surface area contributed by atoms with E-state index < -0.39 is 46.9 Å². The molecule has 0 saturated carbocycles. The number of carbonyl (C=O) groups excluding carboxylic acids is 2. The van der Waals surface area contributed by atoms with Crippen molar-refractivity contribution in [3.63, 3.8) is 0 Å². The van der Waals surface area contributed by atoms with Crippen molar-refractivity contribution in [1.29, 1.82) is 0 Å². The Bertz CT molecular complexity index is 852. The van der Waals surface area contributed by atoms with E-state index in [9.17, 15) is 31.8 Å². The third kappa shape index (κ3) is 6.56. The van der Waals surface area contributed by atoms with E-state index in [0.717, 1.165) is 6.26 Å². The lowest BCUT2D eigenvalue weighted by atomic mass is 9.64. The van der Waals surface area contributed by atoms with Gasteiger partial charge in [0.2, 0.25) is 0 Å². The summed E-state index contributed by atoms with van der Waals surface area (Å²) in [4.78, 5) is 24.0. The molecule has 154 valence electrons. The van der Waals surface area contributed by atoms with E-state index >= 15 is 0 Å². The summed E-state index contributed by atoms with van der Waals surface area (Å²) in [5, 5.41) is 10.2. The standard InChI is InChI=1S/C17H21BF2O7S/c1-17(19,20)10-13(21)9-12-8-11-4-3-5-14(15(11)27-18(12)23)16(22)26-6-7-28(2,24)25/h3-5,12,23H,6-10H2,1-2H3/t12-/m1/s1. The molecule has 1 heterocycles. The van der Waals surface area contributed by atoms with Crippen LogP contribution in [0.15, 0.2) is 18.2 Å². The number of para-hydroxylation sites is 1. The highest BCUT2D eigenvalue weighted by molar-refractivity contribution is 7.90. The van der Waals surface area contributed by atoms with Crippen LogP contribution in [-0.4, -0.2) is 56.9 Å². The number of hydrogen-bond donors (Lipinski definition) is 1. The Morgan fingerprint density at radius 2 is 2.07 bits per heavy atom. The smallest absolute Gasteiger partial charge is 0.526 e. The van der Waals surface area contributed by atoms with Crippen molar-refractivity contribution in [3.8, 4) is 5.75 Å². The maximum Gasteiger partial charge on any atom is 0.526 e. The van der Waals surface area contributed by atoms with Gasteiger partial charge in [0.1, 0.15) is 23.7 Å². The Labute approximate surface area is 162 Å². The van der Waals surface area contributed by atoms with Gasteiger partial charge in [-0.1, -0.05) is 12.1 Å². The Balaban J connectivity index is 2.09. The van der Waals surface area contributed by atoms with Gasteiger partial charge < -0.3 is 14.4 Å². The average molecular weight is 418 g/mol. The van der Waals surface area contributed by atoms with Gasteiger partial charge in [-0.25, -0.2) is 22.0 Å². The molecule has 0 amide bonds. The first-order valence-electron chi connectivity index (χ1n) is 8.57. The molecule has 0 radical (unpaired) electrons. The van der Waals surface area contributed by atoms with Crippen molar-refractivity contribution >= 4 is 28.7 Å². The number of ketones is 1. The molecule has 1 aromatic rings. The van der Waals surface area contributed by atoms with E-state index in [0.29, 0.717) is 12.5 Å². The van der Waals surface area contributed by atoms with Gasteiger partial charge in [-0.15, -0.1) is 0 Å². The van der Waals surface area contributed by atoms with E-state index in [1.165, 1.54) is 6.07 Å². The highest BCUT2D eigenvalue weighted by Gasteiger charge is 2.39. The molecular weight excluding hydrogens is 397 g/mol. The summed E-state index contributed by atoms with van der Waals surface area (Å²) < 4.78 is 58.5. The lowest BCUT2D eigenvalue weighted by molar-refractivity contribution is -0.125. The summed E-state index contributed by atoms with van der Waals surface area (Å²) in [5.41, 5.74) is 0.527. The Morgan fingerprint density at radius 3 is 2.68 bits per heavy atom. The van der Waals surface area contributed by atoms with Gasteiger partial charge in [-0.2, -0.15) is 0 Å². The van der Waals surface area contributed by atoms with Gasteiger partial charge in [0.25, 0.3) is 5.92 Å². The van der Waals surface area contributed by atoms with Crippen molar-refractivity contribution in [2.24, 2.45) is 0 Å². The summed E-state index contributed by atoms with van der Waals surface area (Å²) in [6.07, 6.45) is -0.0363. The molecular formula is C17H21BF2O7S. The van der Waals surface area contributed by atoms with Crippen LogP contribution in [-0.2, 0) is 25.8 Å². The molecule has 0 aliphatic carbocycles. The van der Waals surface area contributed by atoms with Crippen LogP contribution >= 0.6 is 0 Å². The van der Waals surface area contributed by atoms with Crippen molar-refractivity contribution in [2.45, 2.75) is 37.9 Å². The van der Waals surface area contributed by atoms with E-state index in [4.69, 9.17) is 9.39 Å². The lowest BCUT2D eigenvalue weighted by Gasteiger charge is -2.28. The molecule has 0 bridgehead atoms. The molecule has 28 heavy (non-hydrogen) atoms. The first-order chi connectivity index (χ1) is 12.9. The van der Waals surface area contributed by atoms with E-state index in [1.54, 1.807) is 12.1 Å². The Morgan fingerprint density at radius 1 is 1.39 bits per heavy atom. The van der Waals surface area contributed by atoms with Gasteiger partial charge in [0.15, 0.2) is 9.84 Å². The van der Waals surface area contributed by atoms with E-state index in [-0.39, 0.29) is 36.5 Å². The zero-order chi connectivity index (χ0) is 21.1. The molecule has 0 fully saturated rings. The first-order valence-corrected chi connectivity index (χ1v) is 10.6. The molecule has 0 aromatic heterocycles. The van der Waals surface area contributed by atoms with Crippen LogP contribution in [0.1, 0.15) is 35.7 Å². The molecule has 2 rings (SSSR count). The monoisotopic (exact) mass is 418 g/mol. The van der Waals surface area contributed by atoms with Crippen LogP contribution in [0.5, 0.6) is 5.75 Å². The van der Waals surface area contributed by atoms with Crippen LogP contribution in [0.2, 0.25) is 5.82 Å². The quantitative estimate of drug-likeness (QED) is 0.506. The maximum absolute atomic E-state index is 13.0. The van der Waals surface area contributed by atoms with Crippen molar-refractivity contribution in [2.75, 3.05) is 18.6 Å². The number of ether oxygens (including phenoxy) is 1. The molecule has 0 unspecified atom stereocenters. The third-order valence-electron chi connectivity index (χ3n) is 4.13. The molecule has 7 nitrogen and oxygen atoms in total. The molecule has 0 saturated heterocycles. The molecule has 1 atom stereocenters. The summed E-state index contributed by atoms with van der Waals surface area (Å²) in [6.45, 7) is 0.321. The minimum Gasteiger partial charge on any atom is -0.535 e. The molecule has 1 N–H and O–H groups in total. The fraction of sp³-hybridized carbons (Fsp3) is 0.529. The summed E-state index contributed by atoms with van der Waals surface area (Å²) in [7, 11) is -4.75. The van der Waals surface area contributed by atoms with E-state index in [1.807, 2.05) is 0 Å². The molecule has 1 aliphatic rings. The number of halogens is 2. The number of carbonyl (C=O) groups is 2. The van der Waals surface area contributed by atoms with Crippen LogP contribution in [0.4, 0.5) is 8.78 Å². The fourth-order valence-corrected chi connectivity index (χ4v) is 3.28. The average Bonchev–Trinajstić information content (AvgIpc) is 2.52. The Kier molecular flexibility index (Phi) is 6.82. The number of alkyl halides is 2. The second-order valence-electron chi connectivity index (χ2n) is 7.02. The SMILES string of the molecule is CC(F)(F)CC(=O)C[C@H]1Cc2cccc(C(=O)OCCS(C)(=O)=O)c2OB1O. The number of rotatable bonds is 8. The molecule has 0 spiro atoms. The highest BCUT2D eigenvalue weighted by Crippen LogP contribution is 2.37. The molecule has 11 heteroatoms. The van der Waals surface area contributed by atoms with Crippen LogP contribution in [0, 0.1) is 0 Å². The van der Waals surface area contributed by atoms with E-state index in [2.05, 4.69) is 0 Å². The molecule has 1 aromatic carbocycles. The minimum atomic E-state index is -3.29. The second-order valence-corrected chi connectivity index (χ2v) is 9.28. The highest BCUT2D eigenvalue weighted by atomic mass is 32.2. The van der Waals surface area contributed by atoms with Crippen LogP contribution < -0.4 is 4.65 Å². The van der Waals surface area contributed by atoms with Crippen LogP contribution in [0.25, 0.3) is 0 Å². The van der Waals surface area contributed by atoms with Gasteiger partial charge in [-0.05, 0) is 25.0 Å². The van der Waals surface area contributed by atoms with Gasteiger partial charge >= 0.3 is 13.1 Å². The van der Waals surface area contributed by atoms with Gasteiger partial charge in [0, 0.05) is 18.5 Å². The topological polar surface area (TPSA) is 107 Å². The fourth-order valence-electron chi connectivity index (χ4n) is 2.89. The van der Waals surface area contributed by atoms with Crippen molar-refractivity contribution in [1.82, 2.24) is 0 Å². The minimum absolute atomic E-state index is 0.00918. The zero-order valence-electron chi connectivity index (χ0n) is 15.5. The Hall–Kier alpha value is -2.01. The predicted molar refractivity (Wildman–Crippen MR) is 97.4 cm³/mol. The number of sulfone groups is 1. The number of hydrogen-bond acceptors (Lipinski definition) is 7. The summed E-state index contributed by atoms with van der Waals surface area (Å²) in [6, 6.07) is 4.57. The third-order valence-corrected chi connectivity index (χ3v) is 5.03. The number of benzene rings is 1. The number of fused-ring (bicyclic) bond motifs is 1. The normalized spacial score (nSPS) is 16.9. The van der Waals surface area contributed by atoms with Crippen molar-refractivity contribution in [3.05, 3.63) is 29.3 Å². The zero-order valence-corrected chi connectivity index (χ0v) is 16.3. The predicted octanol–water partition coefficient (Wildman–Crippen LogP) is 1.68. The van der Waals surface area contributed by atoms with Crippen LogP contribution in [0.3, 0.4) is 0 Å². The largest absolute Gasteiger partial charge is 0.535 e. The van der Waals surface area contributed by atoms with Gasteiger partial charge in [-0.3, -0.25) is 4.79 Å². The first kappa shape index (κ1) is 22.3. The second kappa shape index (κ2) is 8.56. The summed E-state index contributed by atoms with van der Waals surface area (Å²) in [5.74, 6) is -5.61. The van der Waals surface area contributed by atoms with Crippen molar-refractivity contribution < 1.29 is 41.2 Å². The number of esters is 1. The summed E-state index contributed by atoms with van der Waals surface area (Å²) >= 11 is 0. The number of Topliss-reactive ketones (excluding diaryl/α,β-unsaturated/α-hetero) is 1. The maximum atomic E-state index is 13.0. The van der Waals surface area contributed by atoms with Gasteiger partial charge in [0.05, 0.1) is 12.2 Å². The molecule has 1 aliphatic heterocycles.